The number of alkyl halides is 1. The molecule has 0 radical (unpaired) electrons. The molecule has 1 unspecified atom stereocenters. The second kappa shape index (κ2) is 5.96. The van der Waals surface area contributed by atoms with Gasteiger partial charge in [-0.05, 0) is 24.4 Å². The first-order valence-corrected chi connectivity index (χ1v) is 7.47. The Morgan fingerprint density at radius 1 is 1.64 bits per heavy atom. The molecule has 134 valence electrons. The predicted molar refractivity (Wildman–Crippen MR) is 83.8 cm³/mol. The van der Waals surface area contributed by atoms with E-state index in [1.54, 1.807) is 0 Å². The number of H-pyrrole nitrogens is 1. The standard InChI is InChI=1S/C14H13ClF2N4O4/c1-5(22)8-9(23)14(17,2-3-15)12(25-8)21-4-6(16)7-10(21)19-13(18)20-11(7)24/h4-5,8-9,12,22-23H,1H3,(H3,18,19,20,24)/t5-,8+,9-,12+,14?/m0/s1. The number of hydrogen-bond donors (Lipinski definition) is 4. The number of nitrogens with one attached hydrogen (secondary N) is 1. The van der Waals surface area contributed by atoms with Crippen molar-refractivity contribution in [2.24, 2.45) is 0 Å². The molecule has 25 heavy (non-hydrogen) atoms. The largest absolute Gasteiger partial charge is 0.391 e. The third-order valence-electron chi connectivity index (χ3n) is 4.01. The zero-order chi connectivity index (χ0) is 18.5. The molecule has 1 fully saturated rings. The molecule has 1 aliphatic rings. The van der Waals surface area contributed by atoms with Crippen LogP contribution in [-0.2, 0) is 4.74 Å². The van der Waals surface area contributed by atoms with Crippen LogP contribution in [-0.4, -0.2) is 48.7 Å². The number of hydrogen-bond acceptors (Lipinski definition) is 6. The van der Waals surface area contributed by atoms with E-state index in [2.05, 4.69) is 9.97 Å². The van der Waals surface area contributed by atoms with Crippen LogP contribution in [0.25, 0.3) is 11.0 Å². The maximum atomic E-state index is 15.4. The van der Waals surface area contributed by atoms with Crippen LogP contribution in [0.2, 0.25) is 0 Å². The van der Waals surface area contributed by atoms with Gasteiger partial charge in [0.2, 0.25) is 11.6 Å². The Hall–Kier alpha value is -2.19. The number of aliphatic hydroxyl groups is 2. The summed E-state index contributed by atoms with van der Waals surface area (Å²) in [6.07, 6.45) is -5.47. The average molecular weight is 375 g/mol. The van der Waals surface area contributed by atoms with Crippen molar-refractivity contribution in [3.05, 3.63) is 22.4 Å². The molecular weight excluding hydrogens is 362 g/mol. The monoisotopic (exact) mass is 374 g/mol. The lowest BCUT2D eigenvalue weighted by atomic mass is 9.95. The SMILES string of the molecule is C[C@H](O)[C@H]1O[C@@H](n2cc(F)c3c(=O)[nH]c(N)nc32)C(F)(C#CCl)[C@H]1O. The fourth-order valence-corrected chi connectivity index (χ4v) is 3.01. The highest BCUT2D eigenvalue weighted by atomic mass is 35.5. The van der Waals surface area contributed by atoms with Gasteiger partial charge in [-0.1, -0.05) is 0 Å². The maximum absolute atomic E-state index is 15.4. The normalized spacial score (nSPS) is 30.2. The zero-order valence-corrected chi connectivity index (χ0v) is 13.5. The number of nitrogen functional groups attached to an aromatic ring is 1. The van der Waals surface area contributed by atoms with Gasteiger partial charge in [-0.3, -0.25) is 14.3 Å². The van der Waals surface area contributed by atoms with Gasteiger partial charge in [-0.15, -0.1) is 0 Å². The van der Waals surface area contributed by atoms with E-state index in [9.17, 15) is 19.4 Å². The van der Waals surface area contributed by atoms with Gasteiger partial charge in [-0.2, -0.15) is 4.98 Å². The molecule has 3 heterocycles. The van der Waals surface area contributed by atoms with Crippen molar-refractivity contribution in [3.8, 4) is 11.3 Å². The van der Waals surface area contributed by atoms with Crippen LogP contribution >= 0.6 is 11.6 Å². The van der Waals surface area contributed by atoms with E-state index in [0.717, 1.165) is 10.8 Å². The molecule has 0 spiro atoms. The Bertz CT molecular complexity index is 950. The molecule has 11 heteroatoms. The number of aromatic amines is 1. The molecule has 5 N–H and O–H groups in total. The van der Waals surface area contributed by atoms with Crippen molar-refractivity contribution in [3.63, 3.8) is 0 Å². The molecule has 0 aliphatic carbocycles. The molecule has 1 aliphatic heterocycles. The summed E-state index contributed by atoms with van der Waals surface area (Å²) < 4.78 is 35.8. The van der Waals surface area contributed by atoms with Crippen LogP contribution in [0.5, 0.6) is 0 Å². The maximum Gasteiger partial charge on any atom is 0.264 e. The van der Waals surface area contributed by atoms with Crippen molar-refractivity contribution in [2.45, 2.75) is 37.1 Å². The van der Waals surface area contributed by atoms with E-state index >= 15 is 4.39 Å². The summed E-state index contributed by atoms with van der Waals surface area (Å²) in [4.78, 5) is 17.8. The number of aromatic nitrogens is 3. The van der Waals surface area contributed by atoms with Gasteiger partial charge in [0.05, 0.1) is 6.10 Å². The minimum Gasteiger partial charge on any atom is -0.391 e. The summed E-state index contributed by atoms with van der Waals surface area (Å²) in [6.45, 7) is 1.28. The summed E-state index contributed by atoms with van der Waals surface area (Å²) in [7, 11) is 0. The third-order valence-corrected chi connectivity index (χ3v) is 4.10. The van der Waals surface area contributed by atoms with Gasteiger partial charge in [0.1, 0.15) is 17.6 Å². The summed E-state index contributed by atoms with van der Waals surface area (Å²) in [6, 6.07) is 0. The van der Waals surface area contributed by atoms with Crippen LogP contribution in [0.15, 0.2) is 11.0 Å². The van der Waals surface area contributed by atoms with E-state index in [4.69, 9.17) is 22.1 Å². The Morgan fingerprint density at radius 3 is 2.92 bits per heavy atom. The first-order chi connectivity index (χ1) is 11.7. The topological polar surface area (TPSA) is 126 Å². The number of fused-ring (bicyclic) bond motifs is 1. The number of aliphatic hydroxyl groups excluding tert-OH is 2. The molecule has 8 nitrogen and oxygen atoms in total. The fraction of sp³-hybridized carbons (Fsp3) is 0.429. The van der Waals surface area contributed by atoms with Crippen molar-refractivity contribution in [2.75, 3.05) is 5.73 Å². The molecule has 5 atom stereocenters. The Morgan fingerprint density at radius 2 is 2.32 bits per heavy atom. The number of anilines is 1. The summed E-state index contributed by atoms with van der Waals surface area (Å²) in [5, 5.41) is 21.2. The molecule has 2 aromatic rings. The summed E-state index contributed by atoms with van der Waals surface area (Å²) in [5.41, 5.74) is 1.50. The highest BCUT2D eigenvalue weighted by Gasteiger charge is 2.59. The molecule has 2 aromatic heterocycles. The number of ether oxygens (including phenoxy) is 1. The fourth-order valence-electron chi connectivity index (χ4n) is 2.87. The minimum absolute atomic E-state index is 0.305. The van der Waals surface area contributed by atoms with Crippen LogP contribution in [0.3, 0.4) is 0 Å². The first kappa shape index (κ1) is 17.6. The quantitative estimate of drug-likeness (QED) is 0.548. The van der Waals surface area contributed by atoms with Crippen molar-refractivity contribution >= 4 is 28.6 Å². The second-order valence-corrected chi connectivity index (χ2v) is 5.85. The van der Waals surface area contributed by atoms with Crippen molar-refractivity contribution < 1.29 is 23.7 Å². The molecular formula is C14H13ClF2N4O4. The van der Waals surface area contributed by atoms with Gasteiger partial charge >= 0.3 is 0 Å². The van der Waals surface area contributed by atoms with E-state index in [0.29, 0.717) is 0 Å². The van der Waals surface area contributed by atoms with Crippen LogP contribution < -0.4 is 11.3 Å². The minimum atomic E-state index is -2.79. The highest BCUT2D eigenvalue weighted by Crippen LogP contribution is 2.43. The van der Waals surface area contributed by atoms with Gasteiger partial charge in [0.15, 0.2) is 17.7 Å². The predicted octanol–water partition coefficient (Wildman–Crippen LogP) is -0.00700. The molecule has 0 bridgehead atoms. The molecule has 3 rings (SSSR count). The smallest absolute Gasteiger partial charge is 0.264 e. The summed E-state index contributed by atoms with van der Waals surface area (Å²) >= 11 is 5.29. The van der Waals surface area contributed by atoms with Gasteiger partial charge in [-0.25, -0.2) is 8.78 Å². The van der Waals surface area contributed by atoms with Crippen LogP contribution in [0.1, 0.15) is 13.2 Å². The lowest BCUT2D eigenvalue weighted by Crippen LogP contribution is -2.44. The number of nitrogens with two attached hydrogens (primary N) is 1. The van der Waals surface area contributed by atoms with E-state index < -0.39 is 47.0 Å². The van der Waals surface area contributed by atoms with Gasteiger partial charge in [0, 0.05) is 11.6 Å². The van der Waals surface area contributed by atoms with Crippen LogP contribution in [0.4, 0.5) is 14.7 Å². The van der Waals surface area contributed by atoms with E-state index in [1.165, 1.54) is 6.92 Å². The lowest BCUT2D eigenvalue weighted by Gasteiger charge is -2.24. The van der Waals surface area contributed by atoms with Gasteiger partial charge < -0.3 is 20.7 Å². The number of halogens is 3. The number of rotatable bonds is 2. The van der Waals surface area contributed by atoms with Crippen molar-refractivity contribution in [1.29, 1.82) is 0 Å². The van der Waals surface area contributed by atoms with Crippen molar-refractivity contribution in [1.82, 2.24) is 14.5 Å². The molecule has 1 saturated heterocycles. The molecule has 0 saturated carbocycles. The zero-order valence-electron chi connectivity index (χ0n) is 12.7. The lowest BCUT2D eigenvalue weighted by molar-refractivity contribution is -0.0776. The Labute approximate surface area is 144 Å². The first-order valence-electron chi connectivity index (χ1n) is 7.09. The summed E-state index contributed by atoms with van der Waals surface area (Å²) in [5.74, 6) is 0.661. The Balaban J connectivity index is 2.25. The number of nitrogens with zero attached hydrogens (tertiary/aromatic N) is 2. The average Bonchev–Trinajstić information content (AvgIpc) is 2.96. The third kappa shape index (κ3) is 2.56. The highest BCUT2D eigenvalue weighted by molar-refractivity contribution is 6.30. The second-order valence-electron chi connectivity index (χ2n) is 5.66. The molecule has 0 amide bonds. The Kier molecular flexibility index (Phi) is 4.20. The van der Waals surface area contributed by atoms with Gasteiger partial charge in [0.25, 0.3) is 5.56 Å². The molecule has 0 aromatic carbocycles. The van der Waals surface area contributed by atoms with E-state index in [-0.39, 0.29) is 11.6 Å². The van der Waals surface area contributed by atoms with Crippen LogP contribution in [0, 0.1) is 17.1 Å². The van der Waals surface area contributed by atoms with E-state index in [1.807, 2.05) is 11.3 Å².